The Bertz CT molecular complexity index is 684. The maximum absolute atomic E-state index is 13.6. The summed E-state index contributed by atoms with van der Waals surface area (Å²) >= 11 is 3.26. The van der Waals surface area contributed by atoms with E-state index in [1.54, 1.807) is 13.0 Å². The Morgan fingerprint density at radius 2 is 1.86 bits per heavy atom. The molecule has 0 saturated carbocycles. The van der Waals surface area contributed by atoms with E-state index in [4.69, 9.17) is 0 Å². The zero-order valence-electron chi connectivity index (χ0n) is 11.3. The highest BCUT2D eigenvalue weighted by atomic mass is 79.9. The van der Waals surface area contributed by atoms with E-state index in [1.807, 2.05) is 0 Å². The normalized spacial score (nSPS) is 10.3. The largest absolute Gasteiger partial charge is 0.383 e. The molecule has 0 bridgehead atoms. The number of pyridine rings is 1. The first-order valence-corrected chi connectivity index (χ1v) is 6.82. The average molecular weight is 356 g/mol. The Labute approximate surface area is 128 Å². The van der Waals surface area contributed by atoms with Crippen LogP contribution in [0.3, 0.4) is 0 Å². The van der Waals surface area contributed by atoms with Crippen LogP contribution in [-0.4, -0.2) is 17.9 Å². The van der Waals surface area contributed by atoms with Gasteiger partial charge in [-0.3, -0.25) is 4.79 Å². The molecule has 0 aliphatic carbocycles. The topological polar surface area (TPSA) is 54.0 Å². The molecule has 4 nitrogen and oxygen atoms in total. The Morgan fingerprint density at radius 3 is 2.38 bits per heavy atom. The van der Waals surface area contributed by atoms with Crippen molar-refractivity contribution < 1.29 is 13.6 Å². The molecule has 0 aliphatic heterocycles. The van der Waals surface area contributed by atoms with Crippen LogP contribution in [0.5, 0.6) is 0 Å². The van der Waals surface area contributed by atoms with Crippen molar-refractivity contribution >= 4 is 33.3 Å². The summed E-state index contributed by atoms with van der Waals surface area (Å²) in [5, 5.41) is 4.92. The third kappa shape index (κ3) is 3.36. The summed E-state index contributed by atoms with van der Waals surface area (Å²) in [6.07, 6.45) is 1.52. The quantitative estimate of drug-likeness (QED) is 0.881. The number of nitrogens with zero attached hydrogens (tertiary/aromatic N) is 1. The lowest BCUT2D eigenvalue weighted by atomic mass is 10.1. The van der Waals surface area contributed by atoms with E-state index >= 15 is 0 Å². The molecule has 1 heterocycles. The fraction of sp³-hybridized carbons (Fsp3) is 0.143. The lowest BCUT2D eigenvalue weighted by molar-refractivity contribution is 0.102. The molecule has 7 heteroatoms. The van der Waals surface area contributed by atoms with Gasteiger partial charge in [0, 0.05) is 23.3 Å². The smallest absolute Gasteiger partial charge is 0.257 e. The van der Waals surface area contributed by atoms with Crippen LogP contribution in [0.4, 0.5) is 20.3 Å². The van der Waals surface area contributed by atoms with E-state index in [9.17, 15) is 13.6 Å². The number of rotatable bonds is 3. The number of halogens is 3. The summed E-state index contributed by atoms with van der Waals surface area (Å²) in [6, 6.07) is 3.71. The first-order chi connectivity index (χ1) is 9.92. The molecule has 21 heavy (non-hydrogen) atoms. The van der Waals surface area contributed by atoms with Gasteiger partial charge in [0.25, 0.3) is 5.91 Å². The van der Waals surface area contributed by atoms with Gasteiger partial charge in [0.2, 0.25) is 0 Å². The maximum atomic E-state index is 13.6. The second kappa shape index (κ2) is 6.17. The van der Waals surface area contributed by atoms with Gasteiger partial charge in [0.1, 0.15) is 23.1 Å². The summed E-state index contributed by atoms with van der Waals surface area (Å²) in [4.78, 5) is 16.1. The van der Waals surface area contributed by atoms with Crippen molar-refractivity contribution in [1.82, 2.24) is 4.98 Å². The molecule has 0 spiro atoms. The minimum atomic E-state index is -0.830. The Morgan fingerprint density at radius 1 is 1.24 bits per heavy atom. The second-order valence-electron chi connectivity index (χ2n) is 4.34. The molecule has 0 unspecified atom stereocenters. The fourth-order valence-electron chi connectivity index (χ4n) is 1.79. The van der Waals surface area contributed by atoms with Crippen molar-refractivity contribution in [1.29, 1.82) is 0 Å². The Hall–Kier alpha value is -2.02. The number of aromatic nitrogens is 1. The third-order valence-electron chi connectivity index (χ3n) is 2.83. The van der Waals surface area contributed by atoms with Gasteiger partial charge in [-0.2, -0.15) is 0 Å². The van der Waals surface area contributed by atoms with E-state index in [1.165, 1.54) is 13.2 Å². The summed E-state index contributed by atoms with van der Waals surface area (Å²) in [5.41, 5.74) is 0.336. The minimum Gasteiger partial charge on any atom is -0.383 e. The highest BCUT2D eigenvalue weighted by Crippen LogP contribution is 2.22. The molecular formula is C14H12BrF2N3O. The van der Waals surface area contributed by atoms with Gasteiger partial charge in [0.15, 0.2) is 0 Å². The van der Waals surface area contributed by atoms with E-state index in [0.717, 1.165) is 22.2 Å². The Balaban J connectivity index is 2.28. The number of amides is 1. The first kappa shape index (κ1) is 15.4. The van der Waals surface area contributed by atoms with Gasteiger partial charge >= 0.3 is 0 Å². The molecule has 2 rings (SSSR count). The molecule has 2 N–H and O–H groups in total. The number of hydrogen-bond donors (Lipinski definition) is 2. The molecule has 1 aromatic carbocycles. The van der Waals surface area contributed by atoms with Crippen LogP contribution >= 0.6 is 15.9 Å². The number of aryl methyl sites for hydroxylation is 1. The summed E-state index contributed by atoms with van der Waals surface area (Å²) in [6.45, 7) is 1.76. The van der Waals surface area contributed by atoms with Crippen LogP contribution in [0.2, 0.25) is 0 Å². The fourth-order valence-corrected chi connectivity index (χ4v) is 2.24. The van der Waals surface area contributed by atoms with Crippen molar-refractivity contribution in [2.24, 2.45) is 0 Å². The molecular weight excluding hydrogens is 344 g/mol. The maximum Gasteiger partial charge on any atom is 0.257 e. The third-order valence-corrected chi connectivity index (χ3v) is 3.26. The molecule has 0 fully saturated rings. The van der Waals surface area contributed by atoms with E-state index in [2.05, 4.69) is 31.5 Å². The summed E-state index contributed by atoms with van der Waals surface area (Å²) < 4.78 is 28.0. The minimum absolute atomic E-state index is 0.117. The second-order valence-corrected chi connectivity index (χ2v) is 5.25. The van der Waals surface area contributed by atoms with Crippen molar-refractivity contribution in [3.8, 4) is 0 Å². The lowest BCUT2D eigenvalue weighted by Gasteiger charge is -2.09. The molecule has 0 atom stereocenters. The van der Waals surface area contributed by atoms with Gasteiger partial charge in [0.05, 0.1) is 0 Å². The zero-order valence-corrected chi connectivity index (χ0v) is 12.9. The number of anilines is 2. The van der Waals surface area contributed by atoms with Gasteiger partial charge < -0.3 is 10.6 Å². The number of carbonyl (C=O) groups is 1. The van der Waals surface area contributed by atoms with Crippen LogP contribution in [0.25, 0.3) is 0 Å². The average Bonchev–Trinajstić information content (AvgIpc) is 2.41. The van der Waals surface area contributed by atoms with Gasteiger partial charge in [-0.1, -0.05) is 0 Å². The van der Waals surface area contributed by atoms with Crippen LogP contribution < -0.4 is 10.6 Å². The number of carbonyl (C=O) groups excluding carboxylic acids is 1. The van der Waals surface area contributed by atoms with Crippen molar-refractivity contribution in [3.05, 3.63) is 51.6 Å². The van der Waals surface area contributed by atoms with Crippen molar-refractivity contribution in [2.45, 2.75) is 6.92 Å². The number of hydrogen-bond acceptors (Lipinski definition) is 3. The number of nitrogens with one attached hydrogen (secondary N) is 2. The highest BCUT2D eigenvalue weighted by Gasteiger charge is 2.15. The van der Waals surface area contributed by atoms with Crippen LogP contribution in [-0.2, 0) is 0 Å². The van der Waals surface area contributed by atoms with Crippen molar-refractivity contribution in [2.75, 3.05) is 17.7 Å². The van der Waals surface area contributed by atoms with Gasteiger partial charge in [-0.15, -0.1) is 0 Å². The molecule has 0 saturated heterocycles. The van der Waals surface area contributed by atoms with Gasteiger partial charge in [-0.05, 0) is 46.6 Å². The summed E-state index contributed by atoms with van der Waals surface area (Å²) in [7, 11) is 1.40. The molecule has 0 aliphatic rings. The molecule has 0 radical (unpaired) electrons. The van der Waals surface area contributed by atoms with Crippen molar-refractivity contribution in [3.63, 3.8) is 0 Å². The number of benzene rings is 1. The molecule has 110 valence electrons. The van der Waals surface area contributed by atoms with E-state index in [-0.39, 0.29) is 11.3 Å². The van der Waals surface area contributed by atoms with Crippen LogP contribution in [0.15, 0.2) is 28.9 Å². The predicted octanol–water partition coefficient (Wildman–Crippen LogP) is 3.72. The van der Waals surface area contributed by atoms with E-state index < -0.39 is 17.5 Å². The van der Waals surface area contributed by atoms with Gasteiger partial charge in [-0.25, -0.2) is 13.8 Å². The molecule has 1 aromatic heterocycles. The monoisotopic (exact) mass is 355 g/mol. The first-order valence-electron chi connectivity index (χ1n) is 6.02. The predicted molar refractivity (Wildman–Crippen MR) is 80.5 cm³/mol. The van der Waals surface area contributed by atoms with Crippen LogP contribution in [0, 0.1) is 18.6 Å². The standard InChI is InChI=1S/C14H12BrF2N3O/c1-7-3-9(15)6-19-13(7)20-14(21)8-4-10(16)12(18-2)11(17)5-8/h3-6,18H,1-2H3,(H,19,20,21). The lowest BCUT2D eigenvalue weighted by Crippen LogP contribution is -2.15. The SMILES string of the molecule is CNc1c(F)cc(C(=O)Nc2ncc(Br)cc2C)cc1F. The van der Waals surface area contributed by atoms with Crippen LogP contribution in [0.1, 0.15) is 15.9 Å². The zero-order chi connectivity index (χ0) is 15.6. The summed E-state index contributed by atoms with van der Waals surface area (Å²) in [5.74, 6) is -1.96. The van der Waals surface area contributed by atoms with E-state index in [0.29, 0.717) is 5.82 Å². The molecule has 2 aromatic rings. The Kier molecular flexibility index (Phi) is 4.52. The highest BCUT2D eigenvalue weighted by molar-refractivity contribution is 9.10. The molecule has 1 amide bonds.